The molecule has 7 nitrogen and oxygen atoms in total. The minimum Gasteiger partial charge on any atom is -0.467 e. The minimum absolute atomic E-state index is 0.0561. The molecule has 0 amide bonds. The smallest absolute Gasteiger partial charge is 0.358 e. The standard InChI is InChI=1S/C20H20ClNO6S/c1-2-27-19(24)20(11-10-14-6-3-4-9-17(14)28-20)18(23)13-22-29(25,26)16-8-5-7-15(21)12-16/h3-9,12,22H,2,10-11,13H2,1H3. The molecule has 0 radical (unpaired) electrons. The molecule has 0 bridgehead atoms. The number of hydrogen-bond acceptors (Lipinski definition) is 6. The number of ether oxygens (including phenoxy) is 2. The summed E-state index contributed by atoms with van der Waals surface area (Å²) in [7, 11) is -4.00. The number of para-hydroxylation sites is 1. The average Bonchev–Trinajstić information content (AvgIpc) is 2.71. The predicted molar refractivity (Wildman–Crippen MR) is 106 cm³/mol. The molecule has 1 aliphatic rings. The zero-order valence-electron chi connectivity index (χ0n) is 15.7. The highest BCUT2D eigenvalue weighted by atomic mass is 35.5. The van der Waals surface area contributed by atoms with Gasteiger partial charge in [-0.15, -0.1) is 0 Å². The molecule has 154 valence electrons. The third-order valence-corrected chi connectivity index (χ3v) is 6.22. The fourth-order valence-corrected chi connectivity index (χ4v) is 4.36. The summed E-state index contributed by atoms with van der Waals surface area (Å²) in [6.45, 7) is 1.05. The van der Waals surface area contributed by atoms with Crippen molar-refractivity contribution >= 4 is 33.4 Å². The second-order valence-electron chi connectivity index (χ2n) is 6.46. The molecule has 1 atom stereocenters. The number of sulfonamides is 1. The van der Waals surface area contributed by atoms with Crippen LogP contribution in [0.5, 0.6) is 5.75 Å². The van der Waals surface area contributed by atoms with E-state index in [4.69, 9.17) is 21.1 Å². The van der Waals surface area contributed by atoms with Gasteiger partial charge >= 0.3 is 5.97 Å². The fourth-order valence-electron chi connectivity index (χ4n) is 3.08. The zero-order chi connectivity index (χ0) is 21.1. The van der Waals surface area contributed by atoms with E-state index in [1.165, 1.54) is 24.3 Å². The number of esters is 1. The molecule has 2 aromatic rings. The van der Waals surface area contributed by atoms with Gasteiger partial charge in [0.25, 0.3) is 5.60 Å². The molecule has 1 unspecified atom stereocenters. The maximum atomic E-state index is 13.0. The minimum atomic E-state index is -4.00. The second kappa shape index (κ2) is 8.52. The number of benzene rings is 2. The third-order valence-electron chi connectivity index (χ3n) is 4.59. The van der Waals surface area contributed by atoms with E-state index in [9.17, 15) is 18.0 Å². The monoisotopic (exact) mass is 437 g/mol. The van der Waals surface area contributed by atoms with E-state index in [0.717, 1.165) is 5.56 Å². The van der Waals surface area contributed by atoms with Crippen molar-refractivity contribution in [2.45, 2.75) is 30.3 Å². The summed E-state index contributed by atoms with van der Waals surface area (Å²) in [6.07, 6.45) is 0.475. The van der Waals surface area contributed by atoms with Crippen LogP contribution >= 0.6 is 11.6 Å². The first-order valence-corrected chi connectivity index (χ1v) is 10.9. The first-order chi connectivity index (χ1) is 13.8. The Bertz CT molecular complexity index is 1040. The van der Waals surface area contributed by atoms with Crippen LogP contribution in [0.25, 0.3) is 0 Å². The SMILES string of the molecule is CCOC(=O)C1(C(=O)CNS(=O)(=O)c2cccc(Cl)c2)CCc2ccccc2O1. The van der Waals surface area contributed by atoms with Crippen molar-refractivity contribution in [3.8, 4) is 5.75 Å². The molecule has 1 heterocycles. The lowest BCUT2D eigenvalue weighted by Crippen LogP contribution is -2.57. The van der Waals surface area contributed by atoms with E-state index in [-0.39, 0.29) is 22.9 Å². The van der Waals surface area contributed by atoms with Crippen LogP contribution in [0, 0.1) is 0 Å². The van der Waals surface area contributed by atoms with Crippen molar-refractivity contribution < 1.29 is 27.5 Å². The molecular weight excluding hydrogens is 418 g/mol. The Morgan fingerprint density at radius 1 is 1.21 bits per heavy atom. The van der Waals surface area contributed by atoms with Gasteiger partial charge in [0, 0.05) is 11.4 Å². The van der Waals surface area contributed by atoms with E-state index < -0.39 is 33.9 Å². The van der Waals surface area contributed by atoms with Crippen LogP contribution in [0.2, 0.25) is 5.02 Å². The predicted octanol–water partition coefficient (Wildman–Crippen LogP) is 2.51. The van der Waals surface area contributed by atoms with Gasteiger partial charge in [0.05, 0.1) is 18.0 Å². The van der Waals surface area contributed by atoms with E-state index in [1.54, 1.807) is 19.1 Å². The van der Waals surface area contributed by atoms with Gasteiger partial charge in [-0.25, -0.2) is 17.9 Å². The Balaban J connectivity index is 1.84. The summed E-state index contributed by atoms with van der Waals surface area (Å²) < 4.78 is 38.1. The number of rotatable bonds is 7. The molecule has 2 aromatic carbocycles. The topological polar surface area (TPSA) is 98.8 Å². The quantitative estimate of drug-likeness (QED) is 0.528. The highest BCUT2D eigenvalue weighted by molar-refractivity contribution is 7.89. The van der Waals surface area contributed by atoms with Gasteiger partial charge < -0.3 is 9.47 Å². The maximum Gasteiger partial charge on any atom is 0.358 e. The molecule has 0 saturated heterocycles. The lowest BCUT2D eigenvalue weighted by atomic mass is 9.87. The lowest BCUT2D eigenvalue weighted by molar-refractivity contribution is -0.168. The Hall–Kier alpha value is -2.42. The summed E-state index contributed by atoms with van der Waals surface area (Å²) in [5.41, 5.74) is -1.04. The van der Waals surface area contributed by atoms with Crippen LogP contribution in [-0.4, -0.2) is 38.9 Å². The first kappa shape index (κ1) is 21.3. The number of aryl methyl sites for hydroxylation is 1. The number of ketones is 1. The first-order valence-electron chi connectivity index (χ1n) is 9.01. The Morgan fingerprint density at radius 2 is 1.97 bits per heavy atom. The molecule has 3 rings (SSSR count). The van der Waals surface area contributed by atoms with Gasteiger partial charge in [0.1, 0.15) is 5.75 Å². The van der Waals surface area contributed by atoms with Crippen molar-refractivity contribution in [3.05, 3.63) is 59.1 Å². The van der Waals surface area contributed by atoms with Crippen molar-refractivity contribution in [1.29, 1.82) is 0 Å². The van der Waals surface area contributed by atoms with Gasteiger partial charge in [0.2, 0.25) is 15.8 Å². The van der Waals surface area contributed by atoms with E-state index >= 15 is 0 Å². The second-order valence-corrected chi connectivity index (χ2v) is 8.67. The third kappa shape index (κ3) is 4.44. The molecule has 0 saturated carbocycles. The number of hydrogen-bond donors (Lipinski definition) is 1. The van der Waals surface area contributed by atoms with Crippen LogP contribution in [0.1, 0.15) is 18.9 Å². The van der Waals surface area contributed by atoms with Crippen molar-refractivity contribution in [2.75, 3.05) is 13.2 Å². The van der Waals surface area contributed by atoms with E-state index in [0.29, 0.717) is 12.2 Å². The van der Waals surface area contributed by atoms with Gasteiger partial charge in [0.15, 0.2) is 0 Å². The Kier molecular flexibility index (Phi) is 6.26. The van der Waals surface area contributed by atoms with Crippen LogP contribution in [0.4, 0.5) is 0 Å². The van der Waals surface area contributed by atoms with E-state index in [1.807, 2.05) is 12.1 Å². The summed E-state index contributed by atoms with van der Waals surface area (Å²) in [6, 6.07) is 12.7. The summed E-state index contributed by atoms with van der Waals surface area (Å²) in [5.74, 6) is -1.16. The van der Waals surface area contributed by atoms with Gasteiger partial charge in [-0.2, -0.15) is 0 Å². The summed E-state index contributed by atoms with van der Waals surface area (Å²) in [4.78, 5) is 25.6. The number of halogens is 1. The summed E-state index contributed by atoms with van der Waals surface area (Å²) in [5, 5.41) is 0.245. The molecule has 1 aliphatic heterocycles. The Morgan fingerprint density at radius 3 is 2.69 bits per heavy atom. The van der Waals surface area contributed by atoms with Gasteiger partial charge in [-0.3, -0.25) is 4.79 Å². The van der Waals surface area contributed by atoms with Gasteiger partial charge in [-0.05, 0) is 43.2 Å². The van der Waals surface area contributed by atoms with Gasteiger partial charge in [-0.1, -0.05) is 35.9 Å². The van der Waals surface area contributed by atoms with E-state index in [2.05, 4.69) is 4.72 Å². The van der Waals surface area contributed by atoms with Crippen LogP contribution in [-0.2, 0) is 30.8 Å². The molecule has 1 N–H and O–H groups in total. The molecule has 0 fully saturated rings. The normalized spacial score (nSPS) is 18.4. The van der Waals surface area contributed by atoms with Crippen molar-refractivity contribution in [2.24, 2.45) is 0 Å². The highest BCUT2D eigenvalue weighted by Crippen LogP contribution is 2.34. The Labute approximate surface area is 174 Å². The van der Waals surface area contributed by atoms with Crippen molar-refractivity contribution in [3.63, 3.8) is 0 Å². The number of fused-ring (bicyclic) bond motifs is 1. The van der Waals surface area contributed by atoms with Crippen LogP contribution in [0.15, 0.2) is 53.4 Å². The lowest BCUT2D eigenvalue weighted by Gasteiger charge is -2.35. The molecule has 0 aromatic heterocycles. The molecule has 9 heteroatoms. The number of carbonyl (C=O) groups excluding carboxylic acids is 2. The molecular formula is C20H20ClNO6S. The highest BCUT2D eigenvalue weighted by Gasteiger charge is 2.51. The average molecular weight is 438 g/mol. The van der Waals surface area contributed by atoms with Crippen molar-refractivity contribution in [1.82, 2.24) is 4.72 Å². The van der Waals surface area contributed by atoms with Crippen LogP contribution in [0.3, 0.4) is 0 Å². The maximum absolute atomic E-state index is 13.0. The number of nitrogens with one attached hydrogen (secondary N) is 1. The number of Topliss-reactive ketones (excluding diaryl/α,β-unsaturated/α-hetero) is 1. The largest absolute Gasteiger partial charge is 0.467 e. The number of carbonyl (C=O) groups is 2. The van der Waals surface area contributed by atoms with Crippen LogP contribution < -0.4 is 9.46 Å². The molecule has 0 spiro atoms. The molecule has 29 heavy (non-hydrogen) atoms. The fraction of sp³-hybridized carbons (Fsp3) is 0.300. The summed E-state index contributed by atoms with van der Waals surface area (Å²) >= 11 is 5.84. The zero-order valence-corrected chi connectivity index (χ0v) is 17.3. The molecule has 0 aliphatic carbocycles.